The van der Waals surface area contributed by atoms with E-state index in [4.69, 9.17) is 10.5 Å². The van der Waals surface area contributed by atoms with Gasteiger partial charge >= 0.3 is 12.0 Å². The molecule has 0 unspecified atom stereocenters. The highest BCUT2D eigenvalue weighted by atomic mass is 16.5. The number of amides is 3. The van der Waals surface area contributed by atoms with Gasteiger partial charge in [-0.3, -0.25) is 4.79 Å². The van der Waals surface area contributed by atoms with Gasteiger partial charge in [-0.15, -0.1) is 0 Å². The maximum absolute atomic E-state index is 12.3. The molecule has 0 spiro atoms. The van der Waals surface area contributed by atoms with E-state index >= 15 is 0 Å². The van der Waals surface area contributed by atoms with E-state index in [0.717, 1.165) is 5.69 Å². The van der Waals surface area contributed by atoms with Crippen molar-refractivity contribution in [3.63, 3.8) is 0 Å². The first-order valence-electron chi connectivity index (χ1n) is 7.70. The lowest BCUT2D eigenvalue weighted by Crippen LogP contribution is -2.34. The molecule has 130 valence electrons. The molecular weight excluding hydrogens is 322 g/mol. The van der Waals surface area contributed by atoms with Crippen LogP contribution in [-0.4, -0.2) is 31.1 Å². The smallest absolute Gasteiger partial charge is 0.338 e. The normalized spacial score (nSPS) is 9.96. The highest BCUT2D eigenvalue weighted by Crippen LogP contribution is 2.14. The quantitative estimate of drug-likeness (QED) is 0.788. The van der Waals surface area contributed by atoms with Crippen LogP contribution in [0.15, 0.2) is 54.6 Å². The first-order valence-corrected chi connectivity index (χ1v) is 7.70. The average Bonchev–Trinajstić information content (AvgIpc) is 2.61. The highest BCUT2D eigenvalue weighted by Gasteiger charge is 2.16. The van der Waals surface area contributed by atoms with Crippen LogP contribution in [0.25, 0.3) is 0 Å². The number of hydrogen-bond donors (Lipinski definition) is 2. The second-order valence-electron chi connectivity index (χ2n) is 5.12. The van der Waals surface area contributed by atoms with E-state index in [-0.39, 0.29) is 18.1 Å². The summed E-state index contributed by atoms with van der Waals surface area (Å²) in [5.41, 5.74) is 6.48. The summed E-state index contributed by atoms with van der Waals surface area (Å²) in [4.78, 5) is 36.6. The van der Waals surface area contributed by atoms with Crippen LogP contribution in [0.4, 0.5) is 16.2 Å². The Labute approximate surface area is 145 Å². The number of esters is 1. The minimum absolute atomic E-state index is 0.269. The molecule has 0 aliphatic rings. The van der Waals surface area contributed by atoms with Crippen LogP contribution in [-0.2, 0) is 9.53 Å². The number of nitrogens with two attached hydrogens (primary N) is 1. The van der Waals surface area contributed by atoms with Crippen molar-refractivity contribution in [2.75, 3.05) is 23.4 Å². The summed E-state index contributed by atoms with van der Waals surface area (Å²) < 4.78 is 5.07. The first-order chi connectivity index (χ1) is 12.0. The molecule has 7 heteroatoms. The summed E-state index contributed by atoms with van der Waals surface area (Å²) >= 11 is 0. The second kappa shape index (κ2) is 8.49. The number of primary amides is 1. The van der Waals surface area contributed by atoms with Crippen molar-refractivity contribution < 1.29 is 19.1 Å². The maximum atomic E-state index is 12.3. The summed E-state index contributed by atoms with van der Waals surface area (Å²) in [6.07, 6.45) is 0. The van der Waals surface area contributed by atoms with Gasteiger partial charge in [-0.25, -0.2) is 9.59 Å². The number of hydrogen-bond acceptors (Lipinski definition) is 4. The van der Waals surface area contributed by atoms with Crippen molar-refractivity contribution in [3.8, 4) is 0 Å². The number of carbonyl (C=O) groups is 3. The van der Waals surface area contributed by atoms with Gasteiger partial charge in [0, 0.05) is 17.9 Å². The van der Waals surface area contributed by atoms with Crippen molar-refractivity contribution in [2.45, 2.75) is 6.92 Å². The van der Waals surface area contributed by atoms with Gasteiger partial charge in [-0.1, -0.05) is 18.2 Å². The Balaban J connectivity index is 1.94. The molecule has 3 amide bonds. The molecule has 2 aromatic rings. The zero-order chi connectivity index (χ0) is 18.2. The third-order valence-corrected chi connectivity index (χ3v) is 3.40. The number of rotatable bonds is 6. The fourth-order valence-corrected chi connectivity index (χ4v) is 2.23. The number of nitrogens with one attached hydrogen (secondary N) is 1. The topological polar surface area (TPSA) is 102 Å². The Morgan fingerprint density at radius 3 is 2.24 bits per heavy atom. The monoisotopic (exact) mass is 341 g/mol. The third kappa shape index (κ3) is 5.07. The molecule has 0 radical (unpaired) electrons. The Morgan fingerprint density at radius 2 is 1.68 bits per heavy atom. The van der Waals surface area contributed by atoms with Crippen LogP contribution in [0.5, 0.6) is 0 Å². The van der Waals surface area contributed by atoms with Crippen LogP contribution >= 0.6 is 0 Å². The summed E-state index contributed by atoms with van der Waals surface area (Å²) in [5, 5.41) is 2.39. The zero-order valence-corrected chi connectivity index (χ0v) is 13.8. The van der Waals surface area contributed by atoms with Crippen LogP contribution in [0.1, 0.15) is 17.3 Å². The molecule has 0 aliphatic heterocycles. The minimum Gasteiger partial charge on any atom is -0.452 e. The molecule has 0 saturated carbocycles. The SMILES string of the molecule is CCN(C(=O)COC(=O)c1ccc(NC(N)=O)cc1)c1ccccc1. The van der Waals surface area contributed by atoms with Crippen molar-refractivity contribution in [1.82, 2.24) is 0 Å². The largest absolute Gasteiger partial charge is 0.452 e. The predicted octanol–water partition coefficient (Wildman–Crippen LogP) is 2.39. The zero-order valence-electron chi connectivity index (χ0n) is 13.8. The van der Waals surface area contributed by atoms with Gasteiger partial charge in [0.2, 0.25) is 0 Å². The first kappa shape index (κ1) is 18.0. The number of anilines is 2. The Hall–Kier alpha value is -3.35. The fraction of sp³-hybridized carbons (Fsp3) is 0.167. The molecule has 2 aromatic carbocycles. The second-order valence-corrected chi connectivity index (χ2v) is 5.12. The fourth-order valence-electron chi connectivity index (χ4n) is 2.23. The van der Waals surface area contributed by atoms with Crippen LogP contribution in [0, 0.1) is 0 Å². The van der Waals surface area contributed by atoms with Gasteiger partial charge in [0.1, 0.15) is 0 Å². The molecule has 0 bridgehead atoms. The predicted molar refractivity (Wildman–Crippen MR) is 94.4 cm³/mol. The van der Waals surface area contributed by atoms with Crippen molar-refractivity contribution in [1.29, 1.82) is 0 Å². The molecule has 0 atom stereocenters. The van der Waals surface area contributed by atoms with E-state index in [1.807, 2.05) is 37.3 Å². The summed E-state index contributed by atoms with van der Waals surface area (Å²) in [6, 6.07) is 14.5. The molecule has 0 fully saturated rings. The Bertz CT molecular complexity index is 745. The number of carbonyl (C=O) groups excluding carboxylic acids is 3. The standard InChI is InChI=1S/C18H19N3O4/c1-2-21(15-6-4-3-5-7-15)16(22)12-25-17(23)13-8-10-14(11-9-13)20-18(19)24/h3-11H,2,12H2,1H3,(H3,19,20,24). The van der Waals surface area contributed by atoms with E-state index in [0.29, 0.717) is 12.2 Å². The average molecular weight is 341 g/mol. The number of likely N-dealkylation sites (N-methyl/N-ethyl adjacent to an activating group) is 1. The van der Waals surface area contributed by atoms with Gasteiger partial charge in [0.05, 0.1) is 5.56 Å². The molecular formula is C18H19N3O4. The molecule has 2 rings (SSSR count). The summed E-state index contributed by atoms with van der Waals surface area (Å²) in [6.45, 7) is 1.95. The molecule has 7 nitrogen and oxygen atoms in total. The number of benzene rings is 2. The van der Waals surface area contributed by atoms with Gasteiger partial charge in [0.25, 0.3) is 5.91 Å². The lowest BCUT2D eigenvalue weighted by Gasteiger charge is -2.20. The molecule has 3 N–H and O–H groups in total. The van der Waals surface area contributed by atoms with Crippen LogP contribution in [0.3, 0.4) is 0 Å². The molecule has 0 aliphatic carbocycles. The van der Waals surface area contributed by atoms with E-state index in [1.165, 1.54) is 29.2 Å². The maximum Gasteiger partial charge on any atom is 0.338 e. The van der Waals surface area contributed by atoms with Crippen molar-refractivity contribution in [3.05, 3.63) is 60.2 Å². The van der Waals surface area contributed by atoms with Gasteiger partial charge in [0.15, 0.2) is 6.61 Å². The number of urea groups is 1. The molecule has 0 heterocycles. The van der Waals surface area contributed by atoms with Gasteiger partial charge in [-0.2, -0.15) is 0 Å². The van der Waals surface area contributed by atoms with E-state index in [2.05, 4.69) is 5.32 Å². The lowest BCUT2D eigenvalue weighted by atomic mass is 10.2. The summed E-state index contributed by atoms with van der Waals surface area (Å²) in [5.74, 6) is -0.933. The lowest BCUT2D eigenvalue weighted by molar-refractivity contribution is -0.121. The van der Waals surface area contributed by atoms with E-state index < -0.39 is 12.0 Å². The molecule has 0 aromatic heterocycles. The van der Waals surface area contributed by atoms with Crippen LogP contribution in [0.2, 0.25) is 0 Å². The van der Waals surface area contributed by atoms with Gasteiger partial charge < -0.3 is 20.7 Å². The van der Waals surface area contributed by atoms with Crippen molar-refractivity contribution in [2.24, 2.45) is 5.73 Å². The molecule has 0 saturated heterocycles. The molecule has 25 heavy (non-hydrogen) atoms. The number of para-hydroxylation sites is 1. The van der Waals surface area contributed by atoms with Crippen LogP contribution < -0.4 is 16.0 Å². The van der Waals surface area contributed by atoms with Gasteiger partial charge in [-0.05, 0) is 43.3 Å². The Morgan fingerprint density at radius 1 is 1.04 bits per heavy atom. The van der Waals surface area contributed by atoms with E-state index in [9.17, 15) is 14.4 Å². The van der Waals surface area contributed by atoms with Crippen molar-refractivity contribution >= 4 is 29.3 Å². The minimum atomic E-state index is -0.693. The Kier molecular flexibility index (Phi) is 6.11. The number of ether oxygens (including phenoxy) is 1. The highest BCUT2D eigenvalue weighted by molar-refractivity contribution is 5.97. The third-order valence-electron chi connectivity index (χ3n) is 3.40. The number of nitrogens with zero attached hydrogens (tertiary/aromatic N) is 1. The van der Waals surface area contributed by atoms with E-state index in [1.54, 1.807) is 0 Å². The summed E-state index contributed by atoms with van der Waals surface area (Å²) in [7, 11) is 0.